The zero-order valence-electron chi connectivity index (χ0n) is 6.82. The van der Waals surface area contributed by atoms with E-state index in [9.17, 15) is 9.18 Å². The quantitative estimate of drug-likeness (QED) is 0.754. The van der Waals surface area contributed by atoms with Gasteiger partial charge in [-0.1, -0.05) is 11.3 Å². The van der Waals surface area contributed by atoms with Gasteiger partial charge in [0.05, 0.1) is 15.8 Å². The fourth-order valence-electron chi connectivity index (χ4n) is 1.18. The van der Waals surface area contributed by atoms with Gasteiger partial charge in [-0.3, -0.25) is 0 Å². The zero-order chi connectivity index (χ0) is 10.3. The summed E-state index contributed by atoms with van der Waals surface area (Å²) in [4.78, 5) is 14.6. The van der Waals surface area contributed by atoms with Crippen LogP contribution < -0.4 is 5.73 Å². The second-order valence-corrected chi connectivity index (χ2v) is 3.72. The van der Waals surface area contributed by atoms with E-state index in [-0.39, 0.29) is 16.2 Å². The van der Waals surface area contributed by atoms with Gasteiger partial charge in [-0.05, 0) is 12.1 Å². The molecular weight excluding hydrogens is 207 g/mol. The third-order valence-corrected chi connectivity index (χ3v) is 2.54. The molecule has 14 heavy (non-hydrogen) atoms. The summed E-state index contributed by atoms with van der Waals surface area (Å²) in [7, 11) is 0. The fourth-order valence-corrected chi connectivity index (χ4v) is 1.96. The molecular formula is C8H5FN2O2S. The number of benzene rings is 1. The van der Waals surface area contributed by atoms with Crippen LogP contribution in [0.25, 0.3) is 10.2 Å². The van der Waals surface area contributed by atoms with E-state index in [2.05, 4.69) is 4.98 Å². The van der Waals surface area contributed by atoms with Crippen LogP contribution in [0.4, 0.5) is 9.52 Å². The molecule has 1 aromatic carbocycles. The summed E-state index contributed by atoms with van der Waals surface area (Å²) in [6, 6.07) is 2.15. The summed E-state index contributed by atoms with van der Waals surface area (Å²) in [5.74, 6) is -1.81. The Morgan fingerprint density at radius 2 is 2.29 bits per heavy atom. The molecule has 0 aliphatic carbocycles. The molecule has 1 heterocycles. The number of anilines is 1. The summed E-state index contributed by atoms with van der Waals surface area (Å²) in [5.41, 5.74) is 5.48. The highest BCUT2D eigenvalue weighted by atomic mass is 32.1. The molecule has 0 bridgehead atoms. The number of carboxylic acids is 1. The van der Waals surface area contributed by atoms with Crippen molar-refractivity contribution < 1.29 is 14.3 Å². The molecule has 0 radical (unpaired) electrons. The maximum atomic E-state index is 12.9. The first-order valence-electron chi connectivity index (χ1n) is 3.67. The van der Waals surface area contributed by atoms with Crippen LogP contribution in [-0.2, 0) is 0 Å². The second kappa shape index (κ2) is 2.91. The van der Waals surface area contributed by atoms with Crippen molar-refractivity contribution in [3.05, 3.63) is 23.5 Å². The second-order valence-electron chi connectivity index (χ2n) is 2.66. The van der Waals surface area contributed by atoms with Crippen LogP contribution in [0.1, 0.15) is 10.4 Å². The van der Waals surface area contributed by atoms with Crippen molar-refractivity contribution in [3.63, 3.8) is 0 Å². The number of aromatic nitrogens is 1. The van der Waals surface area contributed by atoms with Crippen LogP contribution in [0, 0.1) is 5.82 Å². The minimum absolute atomic E-state index is 0.159. The molecule has 0 fully saturated rings. The molecule has 1 aromatic heterocycles. The van der Waals surface area contributed by atoms with Crippen molar-refractivity contribution in [1.82, 2.24) is 4.98 Å². The molecule has 0 saturated heterocycles. The SMILES string of the molecule is Nc1nc2c(C(=O)O)cc(F)cc2s1. The molecule has 3 N–H and O–H groups in total. The Labute approximate surface area is 81.8 Å². The number of carbonyl (C=O) groups is 1. The van der Waals surface area contributed by atoms with Crippen LogP contribution in [0.2, 0.25) is 0 Å². The van der Waals surface area contributed by atoms with Crippen molar-refractivity contribution >= 4 is 32.7 Å². The lowest BCUT2D eigenvalue weighted by Crippen LogP contribution is -1.98. The average Bonchev–Trinajstić information content (AvgIpc) is 2.42. The van der Waals surface area contributed by atoms with Gasteiger partial charge < -0.3 is 10.8 Å². The predicted octanol–water partition coefficient (Wildman–Crippen LogP) is 1.72. The number of nitrogens with zero attached hydrogens (tertiary/aromatic N) is 1. The van der Waals surface area contributed by atoms with Gasteiger partial charge >= 0.3 is 5.97 Å². The molecule has 0 aliphatic rings. The van der Waals surface area contributed by atoms with Gasteiger partial charge in [0.15, 0.2) is 5.13 Å². The molecule has 0 saturated carbocycles. The van der Waals surface area contributed by atoms with Gasteiger partial charge in [0.25, 0.3) is 0 Å². The standard InChI is InChI=1S/C8H5FN2O2S/c9-3-1-4(7(12)13)6-5(2-3)14-8(10)11-6/h1-2H,(H2,10,11)(H,12,13). The molecule has 2 aromatic rings. The Hall–Kier alpha value is -1.69. The summed E-state index contributed by atoms with van der Waals surface area (Å²) in [6.45, 7) is 0. The third-order valence-electron chi connectivity index (χ3n) is 1.71. The largest absolute Gasteiger partial charge is 0.478 e. The number of halogens is 1. The number of carboxylic acid groups (broad SMARTS) is 1. The number of hydrogen-bond donors (Lipinski definition) is 2. The third kappa shape index (κ3) is 1.29. The molecule has 0 unspecified atom stereocenters. The van der Waals surface area contributed by atoms with E-state index < -0.39 is 11.8 Å². The molecule has 0 aliphatic heterocycles. The Balaban J connectivity index is 2.85. The lowest BCUT2D eigenvalue weighted by Gasteiger charge is -1.95. The van der Waals surface area contributed by atoms with E-state index in [4.69, 9.17) is 10.8 Å². The first-order chi connectivity index (χ1) is 6.58. The molecule has 0 amide bonds. The number of aromatic carboxylic acids is 1. The number of nitrogens with two attached hydrogens (primary N) is 1. The van der Waals surface area contributed by atoms with Crippen molar-refractivity contribution in [1.29, 1.82) is 0 Å². The smallest absolute Gasteiger partial charge is 0.338 e. The Bertz CT molecular complexity index is 523. The van der Waals surface area contributed by atoms with Crippen molar-refractivity contribution in [2.75, 3.05) is 5.73 Å². The van der Waals surface area contributed by atoms with Crippen LogP contribution >= 0.6 is 11.3 Å². The fraction of sp³-hybridized carbons (Fsp3) is 0. The molecule has 0 spiro atoms. The number of fused-ring (bicyclic) bond motifs is 1. The normalized spacial score (nSPS) is 10.6. The Kier molecular flexibility index (Phi) is 1.85. The lowest BCUT2D eigenvalue weighted by molar-refractivity contribution is 0.0698. The molecule has 4 nitrogen and oxygen atoms in total. The average molecular weight is 212 g/mol. The summed E-state index contributed by atoms with van der Waals surface area (Å²) in [6.07, 6.45) is 0. The van der Waals surface area contributed by atoms with Gasteiger partial charge in [0.2, 0.25) is 0 Å². The topological polar surface area (TPSA) is 76.2 Å². The Morgan fingerprint density at radius 3 is 2.93 bits per heavy atom. The lowest BCUT2D eigenvalue weighted by atomic mass is 10.2. The highest BCUT2D eigenvalue weighted by Gasteiger charge is 2.14. The maximum Gasteiger partial charge on any atom is 0.338 e. The van der Waals surface area contributed by atoms with Crippen LogP contribution in [0.5, 0.6) is 0 Å². The molecule has 72 valence electrons. The minimum atomic E-state index is -1.21. The highest BCUT2D eigenvalue weighted by molar-refractivity contribution is 7.22. The number of rotatable bonds is 1. The van der Waals surface area contributed by atoms with Crippen LogP contribution in [0.3, 0.4) is 0 Å². The van der Waals surface area contributed by atoms with E-state index in [0.717, 1.165) is 17.4 Å². The summed E-state index contributed by atoms with van der Waals surface area (Å²) in [5, 5.41) is 9.00. The minimum Gasteiger partial charge on any atom is -0.478 e. The van der Waals surface area contributed by atoms with Gasteiger partial charge in [-0.2, -0.15) is 0 Å². The Morgan fingerprint density at radius 1 is 1.57 bits per heavy atom. The number of thiazole rings is 1. The van der Waals surface area contributed by atoms with Gasteiger partial charge in [-0.25, -0.2) is 14.2 Å². The van der Waals surface area contributed by atoms with Gasteiger partial charge in [0.1, 0.15) is 5.82 Å². The number of nitrogen functional groups attached to an aromatic ring is 1. The van der Waals surface area contributed by atoms with E-state index in [0.29, 0.717) is 4.70 Å². The monoisotopic (exact) mass is 212 g/mol. The van der Waals surface area contributed by atoms with Crippen LogP contribution in [-0.4, -0.2) is 16.1 Å². The summed E-state index contributed by atoms with van der Waals surface area (Å²) < 4.78 is 13.4. The molecule has 2 rings (SSSR count). The molecule has 0 atom stereocenters. The predicted molar refractivity (Wildman–Crippen MR) is 50.9 cm³/mol. The van der Waals surface area contributed by atoms with Crippen molar-refractivity contribution in [2.45, 2.75) is 0 Å². The van der Waals surface area contributed by atoms with Gasteiger partial charge in [0, 0.05) is 0 Å². The van der Waals surface area contributed by atoms with Gasteiger partial charge in [-0.15, -0.1) is 0 Å². The van der Waals surface area contributed by atoms with E-state index in [1.165, 1.54) is 6.07 Å². The van der Waals surface area contributed by atoms with Crippen LogP contribution in [0.15, 0.2) is 12.1 Å². The highest BCUT2D eigenvalue weighted by Crippen LogP contribution is 2.27. The van der Waals surface area contributed by atoms with E-state index in [1.807, 2.05) is 0 Å². The first kappa shape index (κ1) is 8.89. The zero-order valence-corrected chi connectivity index (χ0v) is 7.64. The first-order valence-corrected chi connectivity index (χ1v) is 4.48. The van der Waals surface area contributed by atoms with Crippen molar-refractivity contribution in [2.24, 2.45) is 0 Å². The van der Waals surface area contributed by atoms with E-state index in [1.54, 1.807) is 0 Å². The molecule has 6 heteroatoms. The number of hydrogen-bond acceptors (Lipinski definition) is 4. The van der Waals surface area contributed by atoms with Crippen molar-refractivity contribution in [3.8, 4) is 0 Å². The van der Waals surface area contributed by atoms with E-state index >= 15 is 0 Å². The summed E-state index contributed by atoms with van der Waals surface area (Å²) >= 11 is 1.06. The maximum absolute atomic E-state index is 12.9.